The molecule has 0 aromatic carbocycles. The molecule has 1 aromatic rings. The van der Waals surface area contributed by atoms with E-state index in [2.05, 4.69) is 60.5 Å². The molecule has 10 nitrogen and oxygen atoms in total. The van der Waals surface area contributed by atoms with Gasteiger partial charge in [-0.25, -0.2) is 4.68 Å². The van der Waals surface area contributed by atoms with Gasteiger partial charge in [-0.3, -0.25) is 4.79 Å². The molecule has 1 aliphatic heterocycles. The minimum Gasteiger partial charge on any atom is -0.377 e. The van der Waals surface area contributed by atoms with Gasteiger partial charge in [-0.15, -0.1) is 5.10 Å². The van der Waals surface area contributed by atoms with E-state index < -0.39 is 0 Å². The van der Waals surface area contributed by atoms with Gasteiger partial charge in [0.15, 0.2) is 0 Å². The topological polar surface area (TPSA) is 112 Å². The van der Waals surface area contributed by atoms with E-state index in [9.17, 15) is 4.79 Å². The number of carbonyl (C=O) groups is 1. The molecule has 1 saturated heterocycles. The number of ether oxygens (including phenoxy) is 3. The maximum atomic E-state index is 11.9. The van der Waals surface area contributed by atoms with Crippen molar-refractivity contribution in [3.8, 4) is 0 Å². The van der Waals surface area contributed by atoms with Crippen molar-refractivity contribution in [3.05, 3.63) is 24.3 Å². The molecule has 10 heteroatoms. The molecule has 1 aromatic heterocycles. The van der Waals surface area contributed by atoms with E-state index in [0.29, 0.717) is 71.2 Å². The number of rotatable bonds is 18. The van der Waals surface area contributed by atoms with Gasteiger partial charge in [-0.1, -0.05) is 45.4 Å². The van der Waals surface area contributed by atoms with Crippen LogP contribution < -0.4 is 16.0 Å². The smallest absolute Gasteiger partial charge is 0.220 e. The van der Waals surface area contributed by atoms with Gasteiger partial charge < -0.3 is 30.2 Å². The highest BCUT2D eigenvalue weighted by atomic mass is 16.5. The zero-order valence-electron chi connectivity index (χ0n) is 22.1. The van der Waals surface area contributed by atoms with Crippen molar-refractivity contribution in [2.75, 3.05) is 46.2 Å². The molecule has 2 atom stereocenters. The second-order valence-corrected chi connectivity index (χ2v) is 10.1. The third-order valence-electron chi connectivity index (χ3n) is 5.87. The number of amides is 1. The molecule has 0 radical (unpaired) electrons. The first-order valence-electron chi connectivity index (χ1n) is 12.9. The van der Waals surface area contributed by atoms with Crippen molar-refractivity contribution in [1.29, 1.82) is 0 Å². The van der Waals surface area contributed by atoms with Gasteiger partial charge in [-0.05, 0) is 19.8 Å². The summed E-state index contributed by atoms with van der Waals surface area (Å²) in [6.45, 7) is 16.7. The highest BCUT2D eigenvalue weighted by Gasteiger charge is 2.23. The van der Waals surface area contributed by atoms with Gasteiger partial charge in [0.25, 0.3) is 0 Å². The summed E-state index contributed by atoms with van der Waals surface area (Å²) in [7, 11) is 0. The lowest BCUT2D eigenvalue weighted by atomic mass is 9.93. The van der Waals surface area contributed by atoms with Gasteiger partial charge in [0.05, 0.1) is 57.7 Å². The molecule has 0 bridgehead atoms. The average molecular weight is 495 g/mol. The standard InChI is InChI=1S/C25H46N6O4/c1-20-22(28-21(2)27-20)9-7-6-8-10-24(32)26-11-13-33-15-17-35-18-16-34-14-12-31-19-23(29-30-31)25(3,4)5/h19-20,22,27-28H,2,6-18H2,1,3-5H3,(H,26,32)/t20-,22+/m0/s1. The van der Waals surface area contributed by atoms with Gasteiger partial charge in [0.1, 0.15) is 0 Å². The number of hydrogen-bond donors (Lipinski definition) is 3. The summed E-state index contributed by atoms with van der Waals surface area (Å²) >= 11 is 0. The third kappa shape index (κ3) is 12.4. The number of unbranched alkanes of at least 4 members (excludes halogenated alkanes) is 2. The second kappa shape index (κ2) is 15.7. The van der Waals surface area contributed by atoms with Crippen molar-refractivity contribution in [3.63, 3.8) is 0 Å². The summed E-state index contributed by atoms with van der Waals surface area (Å²) in [5.41, 5.74) is 0.977. The lowest BCUT2D eigenvalue weighted by molar-refractivity contribution is -0.121. The van der Waals surface area contributed by atoms with Gasteiger partial charge in [-0.2, -0.15) is 0 Å². The van der Waals surface area contributed by atoms with E-state index in [0.717, 1.165) is 37.2 Å². The monoisotopic (exact) mass is 494 g/mol. The fourth-order valence-corrected chi connectivity index (χ4v) is 3.72. The maximum Gasteiger partial charge on any atom is 0.220 e. The van der Waals surface area contributed by atoms with Crippen LogP contribution in [0.1, 0.15) is 65.5 Å². The van der Waals surface area contributed by atoms with Crippen molar-refractivity contribution >= 4 is 5.91 Å². The lowest BCUT2D eigenvalue weighted by Crippen LogP contribution is -2.30. The van der Waals surface area contributed by atoms with Gasteiger partial charge in [0, 0.05) is 36.7 Å². The third-order valence-corrected chi connectivity index (χ3v) is 5.87. The molecule has 200 valence electrons. The Morgan fingerprint density at radius 1 is 1.06 bits per heavy atom. The molecule has 35 heavy (non-hydrogen) atoms. The van der Waals surface area contributed by atoms with Crippen LogP contribution in [0.3, 0.4) is 0 Å². The van der Waals surface area contributed by atoms with Crippen molar-refractivity contribution in [2.24, 2.45) is 0 Å². The number of carbonyl (C=O) groups excluding carboxylic acids is 1. The van der Waals surface area contributed by atoms with Crippen molar-refractivity contribution < 1.29 is 19.0 Å². The van der Waals surface area contributed by atoms with E-state index in [1.54, 1.807) is 4.68 Å². The summed E-state index contributed by atoms with van der Waals surface area (Å²) in [5.74, 6) is 1.000. The van der Waals surface area contributed by atoms with Crippen LogP contribution in [0, 0.1) is 0 Å². The minimum atomic E-state index is 0.00128. The quantitative estimate of drug-likeness (QED) is 0.266. The Labute approximate surface area is 210 Å². The largest absolute Gasteiger partial charge is 0.377 e. The minimum absolute atomic E-state index is 0.00128. The number of nitrogens with zero attached hydrogens (tertiary/aromatic N) is 3. The second-order valence-electron chi connectivity index (χ2n) is 10.1. The van der Waals surface area contributed by atoms with Crippen LogP contribution in [0.5, 0.6) is 0 Å². The van der Waals surface area contributed by atoms with E-state index >= 15 is 0 Å². The Morgan fingerprint density at radius 2 is 1.74 bits per heavy atom. The molecule has 1 amide bonds. The Balaban J connectivity index is 1.31. The number of aromatic nitrogens is 3. The van der Waals surface area contributed by atoms with Crippen LogP contribution >= 0.6 is 0 Å². The fraction of sp³-hybridized carbons (Fsp3) is 0.800. The number of hydrogen-bond acceptors (Lipinski definition) is 8. The molecule has 1 fully saturated rings. The normalized spacial score (nSPS) is 17.9. The summed E-state index contributed by atoms with van der Waals surface area (Å²) in [6, 6.07) is 0.862. The van der Waals surface area contributed by atoms with Crippen LogP contribution in [0.2, 0.25) is 0 Å². The Bertz CT molecular complexity index is 749. The summed E-state index contributed by atoms with van der Waals surface area (Å²) in [4.78, 5) is 11.9. The first-order valence-corrected chi connectivity index (χ1v) is 12.9. The molecule has 0 aliphatic carbocycles. The maximum absolute atomic E-state index is 11.9. The Hall–Kier alpha value is -2.17. The van der Waals surface area contributed by atoms with Crippen LogP contribution in [-0.2, 0) is 31.0 Å². The van der Waals surface area contributed by atoms with Crippen LogP contribution in [-0.4, -0.2) is 79.2 Å². The molecule has 0 spiro atoms. The summed E-state index contributed by atoms with van der Waals surface area (Å²) in [5, 5.41) is 17.9. The van der Waals surface area contributed by atoms with E-state index in [1.807, 2.05) is 6.20 Å². The molecule has 2 heterocycles. The predicted octanol–water partition coefficient (Wildman–Crippen LogP) is 2.11. The first-order chi connectivity index (χ1) is 16.8. The summed E-state index contributed by atoms with van der Waals surface area (Å²) in [6.07, 6.45) is 6.70. The first kappa shape index (κ1) is 29.1. The zero-order valence-corrected chi connectivity index (χ0v) is 22.1. The zero-order chi connectivity index (χ0) is 25.5. The molecule has 3 N–H and O–H groups in total. The molecule has 2 rings (SSSR count). The highest BCUT2D eigenvalue weighted by Crippen LogP contribution is 2.18. The molecule has 1 aliphatic rings. The Kier molecular flexibility index (Phi) is 13.1. The van der Waals surface area contributed by atoms with Crippen molar-refractivity contribution in [1.82, 2.24) is 30.9 Å². The molecule has 0 unspecified atom stereocenters. The van der Waals surface area contributed by atoms with E-state index in [1.165, 1.54) is 0 Å². The van der Waals surface area contributed by atoms with E-state index in [4.69, 9.17) is 14.2 Å². The fourth-order valence-electron chi connectivity index (χ4n) is 3.72. The average Bonchev–Trinajstić information content (AvgIpc) is 3.40. The van der Waals surface area contributed by atoms with E-state index in [-0.39, 0.29) is 11.3 Å². The SMILES string of the molecule is C=C1N[C@@H](C)[C@@H](CCCCCC(=O)NCCOCCOCCOCCn2cc(C(C)(C)C)nn2)N1. The number of nitrogens with one attached hydrogen (secondary N) is 3. The Morgan fingerprint density at radius 3 is 2.37 bits per heavy atom. The molecule has 0 saturated carbocycles. The molecular formula is C25H46N6O4. The summed E-state index contributed by atoms with van der Waals surface area (Å²) < 4.78 is 18.4. The van der Waals surface area contributed by atoms with Crippen LogP contribution in [0.25, 0.3) is 0 Å². The highest BCUT2D eigenvalue weighted by molar-refractivity contribution is 5.75. The lowest BCUT2D eigenvalue weighted by Gasteiger charge is -2.14. The van der Waals surface area contributed by atoms with Crippen molar-refractivity contribution in [2.45, 2.75) is 83.8 Å². The van der Waals surface area contributed by atoms with Crippen LogP contribution in [0.15, 0.2) is 18.6 Å². The van der Waals surface area contributed by atoms with Crippen LogP contribution in [0.4, 0.5) is 0 Å². The molecular weight excluding hydrogens is 448 g/mol. The van der Waals surface area contributed by atoms with Gasteiger partial charge >= 0.3 is 0 Å². The van der Waals surface area contributed by atoms with Gasteiger partial charge in [0.2, 0.25) is 5.91 Å². The predicted molar refractivity (Wildman–Crippen MR) is 136 cm³/mol.